The van der Waals surface area contributed by atoms with Gasteiger partial charge in [0.15, 0.2) is 11.5 Å². The van der Waals surface area contributed by atoms with E-state index < -0.39 is 5.97 Å². The number of amides is 1. The molecule has 0 fully saturated rings. The van der Waals surface area contributed by atoms with E-state index in [1.165, 1.54) is 14.2 Å². The number of rotatable bonds is 9. The van der Waals surface area contributed by atoms with E-state index in [1.807, 2.05) is 6.92 Å². The first-order chi connectivity index (χ1) is 10.5. The molecule has 1 aromatic rings. The standard InChI is InChI=1S/C15H22N2O5.ClH/c1-4-7-17(10-15(19)20)9-14(18)16-11-5-6-12(21-2)13(8-11)22-3;/h5-6,8H,4,7,9-10H2,1-3H3,(H,16,18)(H,19,20);1H. The summed E-state index contributed by atoms with van der Waals surface area (Å²) in [7, 11) is 3.05. The lowest BCUT2D eigenvalue weighted by Gasteiger charge is -2.19. The molecule has 1 amide bonds. The average Bonchev–Trinajstić information content (AvgIpc) is 2.46. The van der Waals surface area contributed by atoms with Gasteiger partial charge in [-0.25, -0.2) is 0 Å². The number of carbonyl (C=O) groups is 2. The van der Waals surface area contributed by atoms with Crippen molar-refractivity contribution in [1.29, 1.82) is 0 Å². The summed E-state index contributed by atoms with van der Waals surface area (Å²) in [4.78, 5) is 24.4. The monoisotopic (exact) mass is 346 g/mol. The Bertz CT molecular complexity index is 525. The lowest BCUT2D eigenvalue weighted by Crippen LogP contribution is -2.37. The molecule has 7 nitrogen and oxygen atoms in total. The van der Waals surface area contributed by atoms with Crippen molar-refractivity contribution in [3.63, 3.8) is 0 Å². The Kier molecular flexibility index (Phi) is 9.76. The van der Waals surface area contributed by atoms with Crippen molar-refractivity contribution in [3.8, 4) is 11.5 Å². The van der Waals surface area contributed by atoms with Gasteiger partial charge in [-0.05, 0) is 25.1 Å². The van der Waals surface area contributed by atoms with Crippen molar-refractivity contribution in [1.82, 2.24) is 4.90 Å². The maximum Gasteiger partial charge on any atom is 0.317 e. The zero-order chi connectivity index (χ0) is 16.5. The van der Waals surface area contributed by atoms with Crippen molar-refractivity contribution in [3.05, 3.63) is 18.2 Å². The maximum absolute atomic E-state index is 12.0. The second-order valence-electron chi connectivity index (χ2n) is 4.72. The van der Waals surface area contributed by atoms with Crippen molar-refractivity contribution in [2.75, 3.05) is 39.2 Å². The summed E-state index contributed by atoms with van der Waals surface area (Å²) in [6.45, 7) is 2.34. The number of carboxylic acid groups (broad SMARTS) is 1. The fraction of sp³-hybridized carbons (Fsp3) is 0.467. The van der Waals surface area contributed by atoms with E-state index in [-0.39, 0.29) is 31.4 Å². The predicted molar refractivity (Wildman–Crippen MR) is 89.8 cm³/mol. The molecule has 0 heterocycles. The number of methoxy groups -OCH3 is 2. The highest BCUT2D eigenvalue weighted by Gasteiger charge is 2.14. The Morgan fingerprint density at radius 1 is 1.17 bits per heavy atom. The summed E-state index contributed by atoms with van der Waals surface area (Å²) < 4.78 is 10.3. The first-order valence-electron chi connectivity index (χ1n) is 6.96. The number of aliphatic carboxylic acids is 1. The smallest absolute Gasteiger partial charge is 0.317 e. The molecule has 0 aliphatic rings. The van der Waals surface area contributed by atoms with E-state index in [2.05, 4.69) is 5.32 Å². The van der Waals surface area contributed by atoms with Gasteiger partial charge in [0.25, 0.3) is 0 Å². The van der Waals surface area contributed by atoms with Crippen LogP contribution >= 0.6 is 12.4 Å². The van der Waals surface area contributed by atoms with Crippen LogP contribution in [0.5, 0.6) is 11.5 Å². The molecule has 0 radical (unpaired) electrons. The summed E-state index contributed by atoms with van der Waals surface area (Å²) in [6, 6.07) is 5.04. The van der Waals surface area contributed by atoms with Gasteiger partial charge < -0.3 is 19.9 Å². The molecule has 1 rings (SSSR count). The van der Waals surface area contributed by atoms with Gasteiger partial charge in [0, 0.05) is 11.8 Å². The quantitative estimate of drug-likeness (QED) is 0.709. The third-order valence-corrected chi connectivity index (χ3v) is 2.93. The molecule has 0 bridgehead atoms. The lowest BCUT2D eigenvalue weighted by molar-refractivity contribution is -0.138. The van der Waals surface area contributed by atoms with E-state index >= 15 is 0 Å². The Balaban J connectivity index is 0.00000484. The molecule has 130 valence electrons. The summed E-state index contributed by atoms with van der Waals surface area (Å²) in [5, 5.41) is 11.6. The number of halogens is 1. The molecule has 2 N–H and O–H groups in total. The first kappa shape index (κ1) is 21.0. The van der Waals surface area contributed by atoms with Gasteiger partial charge in [-0.2, -0.15) is 0 Å². The largest absolute Gasteiger partial charge is 0.493 e. The lowest BCUT2D eigenvalue weighted by atomic mass is 10.2. The van der Waals surface area contributed by atoms with Crippen molar-refractivity contribution in [2.45, 2.75) is 13.3 Å². The molecule has 0 saturated heterocycles. The summed E-state index contributed by atoms with van der Waals surface area (Å²) in [6.07, 6.45) is 0.775. The minimum atomic E-state index is -0.952. The van der Waals surface area contributed by atoms with Crippen LogP contribution in [0.2, 0.25) is 0 Å². The first-order valence-corrected chi connectivity index (χ1v) is 6.96. The topological polar surface area (TPSA) is 88.1 Å². The van der Waals surface area contributed by atoms with Crippen LogP contribution in [0.25, 0.3) is 0 Å². The molecule has 0 atom stereocenters. The molecule has 0 saturated carbocycles. The van der Waals surface area contributed by atoms with Gasteiger partial charge in [0.1, 0.15) is 0 Å². The fourth-order valence-electron chi connectivity index (χ4n) is 2.04. The van der Waals surface area contributed by atoms with Crippen molar-refractivity contribution < 1.29 is 24.2 Å². The van der Waals surface area contributed by atoms with Crippen LogP contribution < -0.4 is 14.8 Å². The third kappa shape index (κ3) is 7.21. The Hall–Kier alpha value is -1.99. The minimum absolute atomic E-state index is 0. The van der Waals surface area contributed by atoms with Crippen LogP contribution in [0.3, 0.4) is 0 Å². The number of anilines is 1. The Labute approximate surface area is 142 Å². The zero-order valence-corrected chi connectivity index (χ0v) is 14.3. The normalized spacial score (nSPS) is 9.91. The van der Waals surface area contributed by atoms with E-state index in [9.17, 15) is 9.59 Å². The molecular weight excluding hydrogens is 324 g/mol. The van der Waals surface area contributed by atoms with Crippen LogP contribution in [0, 0.1) is 0 Å². The Morgan fingerprint density at radius 2 is 1.83 bits per heavy atom. The van der Waals surface area contributed by atoms with Gasteiger partial charge >= 0.3 is 5.97 Å². The summed E-state index contributed by atoms with van der Waals surface area (Å²) >= 11 is 0. The number of hydrogen-bond donors (Lipinski definition) is 2. The van der Waals surface area contributed by atoms with Crippen LogP contribution in [0.1, 0.15) is 13.3 Å². The van der Waals surface area contributed by atoms with Gasteiger partial charge in [0.05, 0.1) is 27.3 Å². The van der Waals surface area contributed by atoms with Crippen molar-refractivity contribution >= 4 is 30.0 Å². The number of ether oxygens (including phenoxy) is 2. The number of carbonyl (C=O) groups excluding carboxylic acids is 1. The third-order valence-electron chi connectivity index (χ3n) is 2.93. The van der Waals surface area contributed by atoms with E-state index in [1.54, 1.807) is 23.1 Å². The minimum Gasteiger partial charge on any atom is -0.493 e. The molecular formula is C15H23ClN2O5. The van der Waals surface area contributed by atoms with Gasteiger partial charge in [0.2, 0.25) is 5.91 Å². The van der Waals surface area contributed by atoms with E-state index in [0.29, 0.717) is 23.7 Å². The van der Waals surface area contributed by atoms with Gasteiger partial charge in [-0.15, -0.1) is 12.4 Å². The highest BCUT2D eigenvalue weighted by Crippen LogP contribution is 2.29. The SMILES string of the molecule is CCCN(CC(=O)O)CC(=O)Nc1ccc(OC)c(OC)c1.Cl. The van der Waals surface area contributed by atoms with Gasteiger partial charge in [-0.3, -0.25) is 14.5 Å². The second-order valence-corrected chi connectivity index (χ2v) is 4.72. The number of benzene rings is 1. The van der Waals surface area contributed by atoms with Crippen LogP contribution in [0.15, 0.2) is 18.2 Å². The van der Waals surface area contributed by atoms with E-state index in [0.717, 1.165) is 6.42 Å². The van der Waals surface area contributed by atoms with E-state index in [4.69, 9.17) is 14.6 Å². The second kappa shape index (κ2) is 10.7. The fourth-order valence-corrected chi connectivity index (χ4v) is 2.04. The molecule has 0 aliphatic heterocycles. The summed E-state index contributed by atoms with van der Waals surface area (Å²) in [5.74, 6) is -0.149. The number of nitrogens with zero attached hydrogens (tertiary/aromatic N) is 1. The zero-order valence-electron chi connectivity index (χ0n) is 13.5. The number of nitrogens with one attached hydrogen (secondary N) is 1. The summed E-state index contributed by atoms with van der Waals surface area (Å²) in [5.41, 5.74) is 0.564. The predicted octanol–water partition coefficient (Wildman–Crippen LogP) is 1.86. The number of carboxylic acids is 1. The van der Waals surface area contributed by atoms with Crippen LogP contribution in [-0.4, -0.2) is 55.7 Å². The molecule has 0 spiro atoms. The molecule has 1 aromatic carbocycles. The van der Waals surface area contributed by atoms with Crippen LogP contribution in [0.4, 0.5) is 5.69 Å². The molecule has 0 aliphatic carbocycles. The molecule has 8 heteroatoms. The van der Waals surface area contributed by atoms with Crippen molar-refractivity contribution in [2.24, 2.45) is 0 Å². The molecule has 0 aromatic heterocycles. The van der Waals surface area contributed by atoms with Crippen LogP contribution in [-0.2, 0) is 9.59 Å². The number of hydrogen-bond acceptors (Lipinski definition) is 5. The average molecular weight is 347 g/mol. The highest BCUT2D eigenvalue weighted by atomic mass is 35.5. The Morgan fingerprint density at radius 3 is 2.35 bits per heavy atom. The highest BCUT2D eigenvalue weighted by molar-refractivity contribution is 5.92. The van der Waals surface area contributed by atoms with Gasteiger partial charge in [-0.1, -0.05) is 6.92 Å². The molecule has 23 heavy (non-hydrogen) atoms. The maximum atomic E-state index is 12.0. The molecule has 0 unspecified atom stereocenters.